The van der Waals surface area contributed by atoms with Crippen LogP contribution in [0.15, 0.2) is 24.4 Å². The Labute approximate surface area is 128 Å². The van der Waals surface area contributed by atoms with Crippen molar-refractivity contribution >= 4 is 16.5 Å². The quantitative estimate of drug-likeness (QED) is 0.908. The summed E-state index contributed by atoms with van der Waals surface area (Å²) in [5, 5.41) is 13.5. The SMILES string of the molecule is CC(CN1CCOCC1)Nc1nnc(-c2ccccn2)s1. The van der Waals surface area contributed by atoms with Gasteiger partial charge in [-0.15, -0.1) is 10.2 Å². The first-order valence-corrected chi connectivity index (χ1v) is 7.94. The summed E-state index contributed by atoms with van der Waals surface area (Å²) in [5.41, 5.74) is 0.865. The number of nitrogens with one attached hydrogen (secondary N) is 1. The Hall–Kier alpha value is -1.57. The lowest BCUT2D eigenvalue weighted by atomic mass is 10.3. The molecule has 0 aromatic carbocycles. The van der Waals surface area contributed by atoms with Gasteiger partial charge in [0.2, 0.25) is 5.13 Å². The Morgan fingerprint density at radius 1 is 1.33 bits per heavy atom. The molecule has 1 atom stereocenters. The number of hydrogen-bond donors (Lipinski definition) is 1. The van der Waals surface area contributed by atoms with E-state index in [1.165, 1.54) is 11.3 Å². The maximum Gasteiger partial charge on any atom is 0.206 e. The molecule has 0 bridgehead atoms. The molecular formula is C14H19N5OS. The normalized spacial score (nSPS) is 17.6. The Balaban J connectivity index is 1.56. The molecule has 1 unspecified atom stereocenters. The zero-order valence-electron chi connectivity index (χ0n) is 12.0. The van der Waals surface area contributed by atoms with Crippen LogP contribution in [0.4, 0.5) is 5.13 Å². The molecule has 0 amide bonds. The Morgan fingerprint density at radius 2 is 2.19 bits per heavy atom. The highest BCUT2D eigenvalue weighted by atomic mass is 32.1. The number of nitrogens with zero attached hydrogens (tertiary/aromatic N) is 4. The minimum Gasteiger partial charge on any atom is -0.379 e. The fraction of sp³-hybridized carbons (Fsp3) is 0.500. The van der Waals surface area contributed by atoms with Crippen molar-refractivity contribution in [1.82, 2.24) is 20.1 Å². The number of ether oxygens (including phenoxy) is 1. The first-order valence-electron chi connectivity index (χ1n) is 7.13. The first kappa shape index (κ1) is 14.4. The molecule has 3 heterocycles. The third-order valence-corrected chi connectivity index (χ3v) is 4.19. The van der Waals surface area contributed by atoms with E-state index in [0.717, 1.165) is 48.7 Å². The Morgan fingerprint density at radius 3 is 2.95 bits per heavy atom. The van der Waals surface area contributed by atoms with Crippen molar-refractivity contribution in [2.45, 2.75) is 13.0 Å². The Kier molecular flexibility index (Phi) is 4.74. The summed E-state index contributed by atoms with van der Waals surface area (Å²) in [4.78, 5) is 6.70. The maximum absolute atomic E-state index is 5.36. The van der Waals surface area contributed by atoms with Crippen LogP contribution in [0.1, 0.15) is 6.92 Å². The molecular weight excluding hydrogens is 286 g/mol. The van der Waals surface area contributed by atoms with E-state index in [4.69, 9.17) is 4.74 Å². The van der Waals surface area contributed by atoms with E-state index in [2.05, 4.69) is 32.3 Å². The van der Waals surface area contributed by atoms with Gasteiger partial charge in [-0.05, 0) is 19.1 Å². The van der Waals surface area contributed by atoms with Crippen molar-refractivity contribution in [1.29, 1.82) is 0 Å². The van der Waals surface area contributed by atoms with Crippen LogP contribution in [0, 0.1) is 0 Å². The van der Waals surface area contributed by atoms with Crippen molar-refractivity contribution in [3.05, 3.63) is 24.4 Å². The molecule has 0 aliphatic carbocycles. The molecule has 0 spiro atoms. The van der Waals surface area contributed by atoms with Gasteiger partial charge in [-0.1, -0.05) is 17.4 Å². The summed E-state index contributed by atoms with van der Waals surface area (Å²) in [6.45, 7) is 6.81. The largest absolute Gasteiger partial charge is 0.379 e. The van der Waals surface area contributed by atoms with E-state index >= 15 is 0 Å². The lowest BCUT2D eigenvalue weighted by Crippen LogP contribution is -2.42. The average molecular weight is 305 g/mol. The van der Waals surface area contributed by atoms with Crippen LogP contribution < -0.4 is 5.32 Å². The third kappa shape index (κ3) is 3.96. The first-order chi connectivity index (χ1) is 10.3. The summed E-state index contributed by atoms with van der Waals surface area (Å²) in [5.74, 6) is 0. The zero-order chi connectivity index (χ0) is 14.5. The van der Waals surface area contributed by atoms with Gasteiger partial charge in [-0.2, -0.15) is 0 Å². The van der Waals surface area contributed by atoms with E-state index in [-0.39, 0.29) is 0 Å². The van der Waals surface area contributed by atoms with Gasteiger partial charge in [0.25, 0.3) is 0 Å². The average Bonchev–Trinajstić information content (AvgIpc) is 2.97. The van der Waals surface area contributed by atoms with Crippen molar-refractivity contribution < 1.29 is 4.74 Å². The molecule has 1 aliphatic heterocycles. The summed E-state index contributed by atoms with van der Waals surface area (Å²) in [6.07, 6.45) is 1.77. The summed E-state index contributed by atoms with van der Waals surface area (Å²) in [6, 6.07) is 6.13. The van der Waals surface area contributed by atoms with Gasteiger partial charge >= 0.3 is 0 Å². The van der Waals surface area contributed by atoms with Crippen molar-refractivity contribution in [2.24, 2.45) is 0 Å². The van der Waals surface area contributed by atoms with Gasteiger partial charge in [0.15, 0.2) is 5.01 Å². The van der Waals surface area contributed by atoms with Gasteiger partial charge in [0, 0.05) is 31.9 Å². The van der Waals surface area contributed by atoms with Gasteiger partial charge < -0.3 is 10.1 Å². The van der Waals surface area contributed by atoms with Crippen molar-refractivity contribution in [2.75, 3.05) is 38.2 Å². The second-order valence-electron chi connectivity index (χ2n) is 5.09. The van der Waals surface area contributed by atoms with E-state index < -0.39 is 0 Å². The topological polar surface area (TPSA) is 63.2 Å². The molecule has 1 N–H and O–H groups in total. The van der Waals surface area contributed by atoms with Crippen LogP contribution in [0.3, 0.4) is 0 Å². The number of hydrogen-bond acceptors (Lipinski definition) is 7. The second-order valence-corrected chi connectivity index (χ2v) is 6.06. The van der Waals surface area contributed by atoms with E-state index in [1.807, 2.05) is 18.2 Å². The van der Waals surface area contributed by atoms with Gasteiger partial charge in [-0.3, -0.25) is 9.88 Å². The van der Waals surface area contributed by atoms with Crippen LogP contribution >= 0.6 is 11.3 Å². The predicted octanol–water partition coefficient (Wildman–Crippen LogP) is 1.73. The minimum absolute atomic E-state index is 0.327. The second kappa shape index (κ2) is 6.93. The molecule has 3 rings (SSSR count). The lowest BCUT2D eigenvalue weighted by molar-refractivity contribution is 0.0368. The number of aromatic nitrogens is 3. The molecule has 112 valence electrons. The van der Waals surface area contributed by atoms with Crippen molar-refractivity contribution in [3.63, 3.8) is 0 Å². The number of rotatable bonds is 5. The molecule has 6 nitrogen and oxygen atoms in total. The fourth-order valence-electron chi connectivity index (χ4n) is 2.30. The molecule has 1 saturated heterocycles. The van der Waals surface area contributed by atoms with Crippen molar-refractivity contribution in [3.8, 4) is 10.7 Å². The monoisotopic (exact) mass is 305 g/mol. The molecule has 1 fully saturated rings. The molecule has 21 heavy (non-hydrogen) atoms. The van der Waals surface area contributed by atoms with Gasteiger partial charge in [0.05, 0.1) is 13.2 Å². The number of pyridine rings is 1. The third-order valence-electron chi connectivity index (χ3n) is 3.31. The van der Waals surface area contributed by atoms with E-state index in [1.54, 1.807) is 6.20 Å². The summed E-state index contributed by atoms with van der Waals surface area (Å²) < 4.78 is 5.36. The van der Waals surface area contributed by atoms with Gasteiger partial charge in [-0.25, -0.2) is 0 Å². The highest BCUT2D eigenvalue weighted by molar-refractivity contribution is 7.18. The van der Waals surface area contributed by atoms with Gasteiger partial charge in [0.1, 0.15) is 5.69 Å². The lowest BCUT2D eigenvalue weighted by Gasteiger charge is -2.29. The molecule has 0 saturated carbocycles. The van der Waals surface area contributed by atoms with Crippen LogP contribution in [-0.4, -0.2) is 59.0 Å². The fourth-order valence-corrected chi connectivity index (χ4v) is 3.13. The Bertz CT molecular complexity index is 556. The minimum atomic E-state index is 0.327. The van der Waals surface area contributed by atoms with Crippen LogP contribution in [-0.2, 0) is 4.74 Å². The smallest absolute Gasteiger partial charge is 0.206 e. The molecule has 2 aromatic heterocycles. The molecule has 2 aromatic rings. The number of anilines is 1. The van der Waals surface area contributed by atoms with Crippen LogP contribution in [0.2, 0.25) is 0 Å². The van der Waals surface area contributed by atoms with Crippen LogP contribution in [0.5, 0.6) is 0 Å². The maximum atomic E-state index is 5.36. The van der Waals surface area contributed by atoms with E-state index in [9.17, 15) is 0 Å². The summed E-state index contributed by atoms with van der Waals surface area (Å²) >= 11 is 1.54. The highest BCUT2D eigenvalue weighted by Gasteiger charge is 2.15. The molecule has 1 aliphatic rings. The van der Waals surface area contributed by atoms with Crippen LogP contribution in [0.25, 0.3) is 10.7 Å². The van der Waals surface area contributed by atoms with E-state index in [0.29, 0.717) is 6.04 Å². The zero-order valence-corrected chi connectivity index (χ0v) is 12.8. The summed E-state index contributed by atoms with van der Waals surface area (Å²) in [7, 11) is 0. The molecule has 0 radical (unpaired) electrons. The predicted molar refractivity (Wildman–Crippen MR) is 83.5 cm³/mol. The number of morpholine rings is 1. The molecule has 7 heteroatoms. The highest BCUT2D eigenvalue weighted by Crippen LogP contribution is 2.24. The standard InChI is InChI=1S/C14H19N5OS/c1-11(10-19-6-8-20-9-7-19)16-14-18-17-13(21-14)12-4-2-3-5-15-12/h2-5,11H,6-10H2,1H3,(H,16,18).